The number of ether oxygens (including phenoxy) is 2. The van der Waals surface area contributed by atoms with Gasteiger partial charge in [0, 0.05) is 18.4 Å². The number of aromatic nitrogens is 1. The number of para-hydroxylation sites is 1. The van der Waals surface area contributed by atoms with E-state index in [1.54, 1.807) is 12.1 Å². The molecule has 2 amide bonds. The largest absolute Gasteiger partial charge is 0.491 e. The molecule has 0 bridgehead atoms. The Labute approximate surface area is 217 Å². The Morgan fingerprint density at radius 1 is 1.16 bits per heavy atom. The molecule has 2 aromatic rings. The first-order chi connectivity index (χ1) is 17.6. The minimum absolute atomic E-state index is 0.0771. The fraction of sp³-hybridized carbons (Fsp3) is 0.500. The standard InChI is InChI=1S/C28H35N5O4/c1-5-28(6-2)16-23(34)33(26(29)32-28)20-13-14-36-22-12-11-18(30-24(20)22)25(35)31-19-15-27(3,4)37-21-10-8-7-9-17(19)21/h7-12,19-20H,5-6,13-16H2,1-4H3,(H2,29,32)(H,31,35)/t19-,20-/m1/s1. The first kappa shape index (κ1) is 25.0. The van der Waals surface area contributed by atoms with Crippen molar-refractivity contribution in [3.8, 4) is 11.5 Å². The van der Waals surface area contributed by atoms with Crippen molar-refractivity contribution in [2.45, 2.75) is 83.0 Å². The van der Waals surface area contributed by atoms with Crippen LogP contribution in [0.3, 0.4) is 0 Å². The Hall–Kier alpha value is -3.62. The number of nitrogens with two attached hydrogens (primary N) is 1. The lowest BCUT2D eigenvalue weighted by Gasteiger charge is -2.41. The van der Waals surface area contributed by atoms with Gasteiger partial charge < -0.3 is 20.5 Å². The van der Waals surface area contributed by atoms with Crippen LogP contribution in [0.4, 0.5) is 0 Å². The maximum atomic E-state index is 13.4. The van der Waals surface area contributed by atoms with Gasteiger partial charge in [-0.3, -0.25) is 14.5 Å². The van der Waals surface area contributed by atoms with Crippen LogP contribution >= 0.6 is 0 Å². The summed E-state index contributed by atoms with van der Waals surface area (Å²) in [6, 6.07) is 10.5. The molecule has 0 radical (unpaired) electrons. The summed E-state index contributed by atoms with van der Waals surface area (Å²) >= 11 is 0. The molecule has 3 aliphatic rings. The van der Waals surface area contributed by atoms with E-state index < -0.39 is 17.2 Å². The van der Waals surface area contributed by atoms with Gasteiger partial charge >= 0.3 is 0 Å². The van der Waals surface area contributed by atoms with Gasteiger partial charge in [-0.05, 0) is 44.9 Å². The van der Waals surface area contributed by atoms with Gasteiger partial charge in [-0.1, -0.05) is 32.0 Å². The van der Waals surface area contributed by atoms with Crippen molar-refractivity contribution in [3.63, 3.8) is 0 Å². The first-order valence-electron chi connectivity index (χ1n) is 13.1. The molecule has 0 spiro atoms. The van der Waals surface area contributed by atoms with Crippen LogP contribution < -0.4 is 20.5 Å². The van der Waals surface area contributed by atoms with Crippen molar-refractivity contribution in [1.82, 2.24) is 15.2 Å². The zero-order valence-electron chi connectivity index (χ0n) is 21.9. The summed E-state index contributed by atoms with van der Waals surface area (Å²) in [6.07, 6.45) is 2.91. The van der Waals surface area contributed by atoms with Crippen LogP contribution in [0, 0.1) is 0 Å². The van der Waals surface area contributed by atoms with Gasteiger partial charge in [0.15, 0.2) is 5.96 Å². The molecule has 3 aliphatic heterocycles. The summed E-state index contributed by atoms with van der Waals surface area (Å²) in [5.74, 6) is 1.15. The summed E-state index contributed by atoms with van der Waals surface area (Å²) in [7, 11) is 0. The van der Waals surface area contributed by atoms with Crippen molar-refractivity contribution < 1.29 is 19.1 Å². The van der Waals surface area contributed by atoms with Crippen LogP contribution in [0.2, 0.25) is 0 Å². The van der Waals surface area contributed by atoms with Crippen LogP contribution in [0.15, 0.2) is 41.4 Å². The summed E-state index contributed by atoms with van der Waals surface area (Å²) in [5.41, 5.74) is 7.20. The second kappa shape index (κ2) is 9.36. The maximum absolute atomic E-state index is 13.4. The molecule has 0 unspecified atom stereocenters. The molecule has 9 nitrogen and oxygen atoms in total. The predicted molar refractivity (Wildman–Crippen MR) is 139 cm³/mol. The van der Waals surface area contributed by atoms with Crippen LogP contribution in [-0.4, -0.2) is 45.4 Å². The molecule has 2 atom stereocenters. The highest BCUT2D eigenvalue weighted by atomic mass is 16.5. The van der Waals surface area contributed by atoms with Crippen LogP contribution in [0.5, 0.6) is 11.5 Å². The number of benzene rings is 1. The molecule has 0 saturated carbocycles. The highest BCUT2D eigenvalue weighted by Crippen LogP contribution is 2.41. The van der Waals surface area contributed by atoms with Crippen molar-refractivity contribution in [1.29, 1.82) is 0 Å². The Morgan fingerprint density at radius 2 is 1.92 bits per heavy atom. The van der Waals surface area contributed by atoms with Crippen molar-refractivity contribution in [3.05, 3.63) is 53.3 Å². The average Bonchev–Trinajstić information content (AvgIpc) is 2.87. The fourth-order valence-corrected chi connectivity index (χ4v) is 5.60. The molecule has 9 heteroatoms. The number of nitrogens with one attached hydrogen (secondary N) is 1. The van der Waals surface area contributed by atoms with E-state index in [4.69, 9.17) is 25.2 Å². The number of carbonyl (C=O) groups is 2. The van der Waals surface area contributed by atoms with Crippen LogP contribution in [0.25, 0.3) is 0 Å². The minimum atomic E-state index is -0.464. The third-order valence-corrected chi connectivity index (χ3v) is 7.74. The number of aliphatic imine (C=N–C) groups is 1. The first-order valence-corrected chi connectivity index (χ1v) is 13.1. The zero-order valence-corrected chi connectivity index (χ0v) is 21.9. The Kier molecular flexibility index (Phi) is 6.33. The third-order valence-electron chi connectivity index (χ3n) is 7.74. The van der Waals surface area contributed by atoms with Gasteiger partial charge in [0.2, 0.25) is 5.91 Å². The lowest BCUT2D eigenvalue weighted by atomic mass is 9.87. The van der Waals surface area contributed by atoms with Crippen LogP contribution in [-0.2, 0) is 4.79 Å². The van der Waals surface area contributed by atoms with E-state index in [1.165, 1.54) is 4.90 Å². The number of amides is 2. The monoisotopic (exact) mass is 505 g/mol. The summed E-state index contributed by atoms with van der Waals surface area (Å²) in [6.45, 7) is 8.49. The summed E-state index contributed by atoms with van der Waals surface area (Å²) < 4.78 is 11.9. The van der Waals surface area contributed by atoms with Gasteiger partial charge in [0.1, 0.15) is 28.5 Å². The molecule has 37 heavy (non-hydrogen) atoms. The molecule has 0 saturated heterocycles. The number of nitrogens with zero attached hydrogens (tertiary/aromatic N) is 3. The van der Waals surface area contributed by atoms with E-state index >= 15 is 0 Å². The smallest absolute Gasteiger partial charge is 0.270 e. The summed E-state index contributed by atoms with van der Waals surface area (Å²) in [5, 5.41) is 3.14. The van der Waals surface area contributed by atoms with E-state index in [-0.39, 0.29) is 29.5 Å². The lowest BCUT2D eigenvalue weighted by Crippen LogP contribution is -2.53. The number of rotatable bonds is 5. The minimum Gasteiger partial charge on any atom is -0.491 e. The number of guanidine groups is 1. The van der Waals surface area contributed by atoms with Crippen molar-refractivity contribution in [2.24, 2.45) is 10.7 Å². The molecular weight excluding hydrogens is 470 g/mol. The molecule has 0 fully saturated rings. The maximum Gasteiger partial charge on any atom is 0.270 e. The second-order valence-corrected chi connectivity index (χ2v) is 10.7. The number of pyridine rings is 1. The number of carbonyl (C=O) groups excluding carboxylic acids is 2. The molecule has 3 N–H and O–H groups in total. The average molecular weight is 506 g/mol. The molecule has 1 aromatic carbocycles. The van der Waals surface area contributed by atoms with Gasteiger partial charge in [-0.2, -0.15) is 0 Å². The highest BCUT2D eigenvalue weighted by Gasteiger charge is 2.42. The predicted octanol–water partition coefficient (Wildman–Crippen LogP) is 4.04. The normalized spacial score (nSPS) is 23.6. The van der Waals surface area contributed by atoms with Crippen molar-refractivity contribution in [2.75, 3.05) is 6.61 Å². The van der Waals surface area contributed by atoms with E-state index in [1.807, 2.05) is 52.0 Å². The van der Waals surface area contributed by atoms with Gasteiger partial charge in [0.05, 0.1) is 30.7 Å². The highest BCUT2D eigenvalue weighted by molar-refractivity contribution is 5.99. The van der Waals surface area contributed by atoms with Gasteiger partial charge in [-0.25, -0.2) is 9.98 Å². The summed E-state index contributed by atoms with van der Waals surface area (Å²) in [4.78, 5) is 37.7. The Balaban J connectivity index is 1.43. The number of fused-ring (bicyclic) bond motifs is 2. The van der Waals surface area contributed by atoms with Crippen LogP contribution in [0.1, 0.15) is 93.6 Å². The van der Waals surface area contributed by atoms with E-state index in [2.05, 4.69) is 5.32 Å². The SMILES string of the molecule is CCC1(CC)CC(=O)N([C@@H]2CCOc3ccc(C(=O)N[C@@H]4CC(C)(C)Oc5ccccc54)nc32)C(N)=N1. The number of hydrogen-bond acceptors (Lipinski definition) is 7. The van der Waals surface area contributed by atoms with E-state index in [0.29, 0.717) is 37.3 Å². The Morgan fingerprint density at radius 3 is 2.65 bits per heavy atom. The quantitative estimate of drug-likeness (QED) is 0.633. The molecule has 0 aliphatic carbocycles. The third kappa shape index (κ3) is 4.63. The zero-order chi connectivity index (χ0) is 26.4. The second-order valence-electron chi connectivity index (χ2n) is 10.7. The lowest BCUT2D eigenvalue weighted by molar-refractivity contribution is -0.132. The molecule has 196 valence electrons. The molecule has 4 heterocycles. The molecular formula is C28H35N5O4. The van der Waals surface area contributed by atoms with Gasteiger partial charge in [0.25, 0.3) is 5.91 Å². The Bertz CT molecular complexity index is 1250. The van der Waals surface area contributed by atoms with Gasteiger partial charge in [-0.15, -0.1) is 0 Å². The topological polar surface area (TPSA) is 119 Å². The molecule has 5 rings (SSSR count). The molecule has 1 aromatic heterocycles. The van der Waals surface area contributed by atoms with E-state index in [9.17, 15) is 9.59 Å². The van der Waals surface area contributed by atoms with E-state index in [0.717, 1.165) is 24.2 Å². The van der Waals surface area contributed by atoms with Crippen molar-refractivity contribution >= 4 is 17.8 Å². The fourth-order valence-electron chi connectivity index (χ4n) is 5.60. The number of hydrogen-bond donors (Lipinski definition) is 2.